The van der Waals surface area contributed by atoms with E-state index in [4.69, 9.17) is 5.73 Å². The molecule has 0 saturated heterocycles. The second-order valence-electron chi connectivity index (χ2n) is 2.90. The zero-order valence-electron chi connectivity index (χ0n) is 8.63. The number of halogens is 3. The van der Waals surface area contributed by atoms with Gasteiger partial charge in [-0.2, -0.15) is 13.2 Å². The number of alkyl halides is 3. The number of pyridine rings is 1. The molecule has 0 bridgehead atoms. The zero-order chi connectivity index (χ0) is 13.1. The minimum absolute atomic E-state index is 0.0723. The molecule has 0 aliphatic heterocycles. The molecule has 1 aromatic heterocycles. The van der Waals surface area contributed by atoms with E-state index in [0.717, 1.165) is 19.4 Å². The summed E-state index contributed by atoms with van der Waals surface area (Å²) in [5.41, 5.74) is 3.93. The Labute approximate surface area is 94.6 Å². The van der Waals surface area contributed by atoms with Gasteiger partial charge in [-0.15, -0.1) is 0 Å². The van der Waals surface area contributed by atoms with E-state index in [1.165, 1.54) is 0 Å². The summed E-state index contributed by atoms with van der Waals surface area (Å²) >= 11 is 0. The molecule has 0 atom stereocenters. The molecule has 4 nitrogen and oxygen atoms in total. The molecule has 0 aliphatic carbocycles. The van der Waals surface area contributed by atoms with E-state index in [0.29, 0.717) is 0 Å². The lowest BCUT2D eigenvalue weighted by Crippen LogP contribution is -2.10. The van der Waals surface area contributed by atoms with E-state index < -0.39 is 23.5 Å². The first-order valence-electron chi connectivity index (χ1n) is 4.27. The number of carbonyl (C=O) groups is 1. The van der Waals surface area contributed by atoms with Gasteiger partial charge in [-0.05, 0) is 6.07 Å². The summed E-state index contributed by atoms with van der Waals surface area (Å²) in [6, 6.07) is 0.721. The van der Waals surface area contributed by atoms with Crippen LogP contribution in [0.15, 0.2) is 12.3 Å². The number of nitrogens with zero attached hydrogens (tertiary/aromatic N) is 1. The molecule has 0 amide bonds. The van der Waals surface area contributed by atoms with E-state index in [1.54, 1.807) is 0 Å². The van der Waals surface area contributed by atoms with E-state index in [-0.39, 0.29) is 5.56 Å². The number of nitrogens with two attached hydrogens (primary N) is 1. The van der Waals surface area contributed by atoms with Crippen molar-refractivity contribution in [1.82, 2.24) is 4.98 Å². The van der Waals surface area contributed by atoms with Crippen molar-refractivity contribution in [1.29, 1.82) is 0 Å². The first-order valence-corrected chi connectivity index (χ1v) is 4.27. The van der Waals surface area contributed by atoms with Crippen LogP contribution in [0, 0.1) is 11.8 Å². The van der Waals surface area contributed by atoms with Gasteiger partial charge < -0.3 is 10.5 Å². The van der Waals surface area contributed by atoms with E-state index in [1.807, 2.05) is 5.92 Å². The second-order valence-corrected chi connectivity index (χ2v) is 2.90. The molecular formula is C10H7F3N2O2. The molecule has 0 fully saturated rings. The molecule has 0 aliphatic rings. The largest absolute Gasteiger partial charge is 0.459 e. The fourth-order valence-electron chi connectivity index (χ4n) is 0.945. The average Bonchev–Trinajstić information content (AvgIpc) is 2.26. The van der Waals surface area contributed by atoms with Gasteiger partial charge in [-0.25, -0.2) is 9.78 Å². The Bertz CT molecular complexity index is 500. The molecule has 90 valence electrons. The fourth-order valence-corrected chi connectivity index (χ4v) is 0.945. The van der Waals surface area contributed by atoms with Crippen LogP contribution in [0.25, 0.3) is 0 Å². The second kappa shape index (κ2) is 4.74. The summed E-state index contributed by atoms with van der Waals surface area (Å²) in [5, 5.41) is 0. The van der Waals surface area contributed by atoms with Gasteiger partial charge in [0.25, 0.3) is 0 Å². The highest BCUT2D eigenvalue weighted by Crippen LogP contribution is 2.32. The summed E-state index contributed by atoms with van der Waals surface area (Å²) in [7, 11) is 1.11. The number of ether oxygens (including phenoxy) is 1. The van der Waals surface area contributed by atoms with Crippen LogP contribution in [0.2, 0.25) is 0 Å². The number of anilines is 1. The number of hydrogen-bond donors (Lipinski definition) is 1. The van der Waals surface area contributed by atoms with Gasteiger partial charge in [-0.3, -0.25) is 0 Å². The lowest BCUT2D eigenvalue weighted by atomic mass is 10.2. The summed E-state index contributed by atoms with van der Waals surface area (Å²) < 4.78 is 41.5. The van der Waals surface area contributed by atoms with E-state index >= 15 is 0 Å². The van der Waals surface area contributed by atoms with E-state index in [9.17, 15) is 18.0 Å². The Balaban J connectivity index is 3.12. The number of methoxy groups -OCH3 is 1. The summed E-state index contributed by atoms with van der Waals surface area (Å²) in [5.74, 6) is 2.69. The van der Waals surface area contributed by atoms with Gasteiger partial charge in [-0.1, -0.05) is 5.92 Å². The smallest absolute Gasteiger partial charge is 0.419 e. The van der Waals surface area contributed by atoms with Crippen LogP contribution in [0.1, 0.15) is 11.1 Å². The molecule has 0 aromatic carbocycles. The molecule has 0 unspecified atom stereocenters. The standard InChI is InChI=1S/C10H7F3N2O2/c1-17-8(16)3-2-6-4-7(10(11,12)13)9(14)15-5-6/h4-5H,1H3,(H2,14,15). The number of aromatic nitrogens is 1. The van der Waals surface area contributed by atoms with Crippen molar-refractivity contribution in [2.75, 3.05) is 12.8 Å². The van der Waals surface area contributed by atoms with Crippen LogP contribution in [0.5, 0.6) is 0 Å². The highest BCUT2D eigenvalue weighted by molar-refractivity contribution is 5.89. The quantitative estimate of drug-likeness (QED) is 0.550. The van der Waals surface area contributed by atoms with Crippen LogP contribution in [-0.2, 0) is 15.7 Å². The number of rotatable bonds is 0. The molecule has 7 heteroatoms. The normalized spacial score (nSPS) is 10.4. The first-order chi connectivity index (χ1) is 7.84. The lowest BCUT2D eigenvalue weighted by Gasteiger charge is -2.08. The Hall–Kier alpha value is -2.23. The molecular weight excluding hydrogens is 237 g/mol. The molecule has 1 aromatic rings. The molecule has 2 N–H and O–H groups in total. The maximum Gasteiger partial charge on any atom is 0.419 e. The summed E-state index contributed by atoms with van der Waals surface area (Å²) in [6.07, 6.45) is -3.57. The number of nitrogen functional groups attached to an aromatic ring is 1. The van der Waals surface area contributed by atoms with Crippen LogP contribution in [0.3, 0.4) is 0 Å². The van der Waals surface area contributed by atoms with Crippen molar-refractivity contribution in [2.45, 2.75) is 6.18 Å². The SMILES string of the molecule is COC(=O)C#Cc1cnc(N)c(C(F)(F)F)c1. The number of hydrogen-bond acceptors (Lipinski definition) is 4. The van der Waals surface area contributed by atoms with Crippen molar-refractivity contribution < 1.29 is 22.7 Å². The maximum absolute atomic E-state index is 12.4. The van der Waals surface area contributed by atoms with Gasteiger partial charge in [0.2, 0.25) is 0 Å². The van der Waals surface area contributed by atoms with Crippen LogP contribution < -0.4 is 5.73 Å². The molecule has 0 spiro atoms. The first kappa shape index (κ1) is 12.8. The number of esters is 1. The lowest BCUT2D eigenvalue weighted by molar-refractivity contribution is -0.137. The Morgan fingerprint density at radius 2 is 2.18 bits per heavy atom. The summed E-state index contributed by atoms with van der Waals surface area (Å²) in [4.78, 5) is 14.0. The van der Waals surface area contributed by atoms with E-state index in [2.05, 4.69) is 15.6 Å². The van der Waals surface area contributed by atoms with Crippen LogP contribution in [0.4, 0.5) is 19.0 Å². The minimum atomic E-state index is -4.61. The van der Waals surface area contributed by atoms with Gasteiger partial charge >= 0.3 is 12.1 Å². The van der Waals surface area contributed by atoms with Crippen molar-refractivity contribution in [3.05, 3.63) is 23.4 Å². The summed E-state index contributed by atoms with van der Waals surface area (Å²) in [6.45, 7) is 0. The minimum Gasteiger partial charge on any atom is -0.459 e. The molecule has 17 heavy (non-hydrogen) atoms. The third kappa shape index (κ3) is 3.38. The van der Waals surface area contributed by atoms with Crippen molar-refractivity contribution in [3.63, 3.8) is 0 Å². The van der Waals surface area contributed by atoms with Gasteiger partial charge in [0.15, 0.2) is 0 Å². The van der Waals surface area contributed by atoms with Crippen LogP contribution in [-0.4, -0.2) is 18.1 Å². The molecule has 1 rings (SSSR count). The topological polar surface area (TPSA) is 65.2 Å². The van der Waals surface area contributed by atoms with Crippen molar-refractivity contribution in [3.8, 4) is 11.8 Å². The van der Waals surface area contributed by atoms with Gasteiger partial charge in [0.1, 0.15) is 5.82 Å². The average molecular weight is 244 g/mol. The third-order valence-corrected chi connectivity index (χ3v) is 1.72. The van der Waals surface area contributed by atoms with Crippen molar-refractivity contribution >= 4 is 11.8 Å². The highest BCUT2D eigenvalue weighted by Gasteiger charge is 2.33. The Morgan fingerprint density at radius 3 is 2.71 bits per heavy atom. The third-order valence-electron chi connectivity index (χ3n) is 1.72. The Kier molecular flexibility index (Phi) is 3.58. The zero-order valence-corrected chi connectivity index (χ0v) is 8.63. The fraction of sp³-hybridized carbons (Fsp3) is 0.200. The van der Waals surface area contributed by atoms with Crippen molar-refractivity contribution in [2.24, 2.45) is 0 Å². The van der Waals surface area contributed by atoms with Crippen LogP contribution >= 0.6 is 0 Å². The molecule has 1 heterocycles. The maximum atomic E-state index is 12.4. The highest BCUT2D eigenvalue weighted by atomic mass is 19.4. The van der Waals surface area contributed by atoms with Gasteiger partial charge in [0, 0.05) is 17.7 Å². The molecule has 0 radical (unpaired) electrons. The number of carbonyl (C=O) groups excluding carboxylic acids is 1. The van der Waals surface area contributed by atoms with Gasteiger partial charge in [0.05, 0.1) is 12.7 Å². The predicted molar refractivity (Wildman–Crippen MR) is 52.5 cm³/mol. The monoisotopic (exact) mass is 244 g/mol. The Morgan fingerprint density at radius 1 is 1.53 bits per heavy atom. The predicted octanol–water partition coefficient (Wildman–Crippen LogP) is 1.21. The molecule has 0 saturated carbocycles.